The summed E-state index contributed by atoms with van der Waals surface area (Å²) in [4.78, 5) is 20.6. The molecule has 4 N–H and O–H groups in total. The van der Waals surface area contributed by atoms with Crippen LogP contribution < -0.4 is 11.1 Å². The van der Waals surface area contributed by atoms with Crippen molar-refractivity contribution in [3.8, 4) is 0 Å². The molecule has 5 heteroatoms. The summed E-state index contributed by atoms with van der Waals surface area (Å²) in [6.07, 6.45) is 5.02. The van der Waals surface area contributed by atoms with E-state index in [0.29, 0.717) is 28.0 Å². The SMILES string of the molecule is C=Cc1c(N)cccc1C(=O)c1c[nH]c2ncc(Nc3ccccc3)cc12. The lowest BCUT2D eigenvalue weighted by atomic mass is 9.97. The molecule has 0 amide bonds. The molecule has 0 aliphatic heterocycles. The van der Waals surface area contributed by atoms with E-state index < -0.39 is 0 Å². The number of hydrogen-bond donors (Lipinski definition) is 3. The van der Waals surface area contributed by atoms with Crippen molar-refractivity contribution in [2.45, 2.75) is 0 Å². The standard InChI is InChI=1S/C22H18N4O/c1-2-16-17(9-6-10-20(16)23)21(27)19-13-25-22-18(19)11-15(12-24-22)26-14-7-4-3-5-8-14/h2-13,26H,1,23H2,(H,24,25). The van der Waals surface area contributed by atoms with Gasteiger partial charge in [0.15, 0.2) is 5.78 Å². The summed E-state index contributed by atoms with van der Waals surface area (Å²) in [6, 6.07) is 17.0. The smallest absolute Gasteiger partial charge is 0.195 e. The normalized spacial score (nSPS) is 10.7. The predicted octanol–water partition coefficient (Wildman–Crippen LogP) is 4.76. The molecule has 0 bridgehead atoms. The van der Waals surface area contributed by atoms with Crippen LogP contribution in [0, 0.1) is 0 Å². The molecule has 0 radical (unpaired) electrons. The molecule has 0 saturated heterocycles. The largest absolute Gasteiger partial charge is 0.398 e. The molecule has 5 nitrogen and oxygen atoms in total. The summed E-state index contributed by atoms with van der Waals surface area (Å²) in [6.45, 7) is 3.78. The van der Waals surface area contributed by atoms with Gasteiger partial charge in [0.05, 0.1) is 11.9 Å². The first-order valence-corrected chi connectivity index (χ1v) is 8.52. The number of nitrogens with zero attached hydrogens (tertiary/aromatic N) is 1. The Labute approximate surface area is 156 Å². The minimum atomic E-state index is -0.123. The molecule has 0 spiro atoms. The van der Waals surface area contributed by atoms with Gasteiger partial charge in [-0.1, -0.05) is 43.0 Å². The van der Waals surface area contributed by atoms with Crippen molar-refractivity contribution >= 4 is 40.0 Å². The van der Waals surface area contributed by atoms with E-state index in [1.165, 1.54) is 0 Å². The van der Waals surface area contributed by atoms with Crippen LogP contribution in [0.25, 0.3) is 17.1 Å². The number of aromatic nitrogens is 2. The van der Waals surface area contributed by atoms with Crippen molar-refractivity contribution in [1.82, 2.24) is 9.97 Å². The third-order valence-corrected chi connectivity index (χ3v) is 4.43. The van der Waals surface area contributed by atoms with Gasteiger partial charge in [0, 0.05) is 39.6 Å². The lowest BCUT2D eigenvalue weighted by Crippen LogP contribution is -2.05. The number of para-hydroxylation sites is 1. The van der Waals surface area contributed by atoms with Crippen LogP contribution in [0.15, 0.2) is 73.6 Å². The van der Waals surface area contributed by atoms with Gasteiger partial charge in [-0.2, -0.15) is 0 Å². The summed E-state index contributed by atoms with van der Waals surface area (Å²) in [5, 5.41) is 4.05. The summed E-state index contributed by atoms with van der Waals surface area (Å²) >= 11 is 0. The maximum absolute atomic E-state index is 13.2. The van der Waals surface area contributed by atoms with Crippen molar-refractivity contribution in [2.24, 2.45) is 0 Å². The van der Waals surface area contributed by atoms with Gasteiger partial charge < -0.3 is 16.0 Å². The number of H-pyrrole nitrogens is 1. The highest BCUT2D eigenvalue weighted by Gasteiger charge is 2.18. The number of carbonyl (C=O) groups excluding carboxylic acids is 1. The number of carbonyl (C=O) groups is 1. The van der Waals surface area contributed by atoms with Crippen LogP contribution in [-0.4, -0.2) is 15.8 Å². The van der Waals surface area contributed by atoms with E-state index in [2.05, 4.69) is 21.9 Å². The molecule has 2 heterocycles. The first-order chi connectivity index (χ1) is 13.2. The van der Waals surface area contributed by atoms with E-state index in [1.54, 1.807) is 36.7 Å². The lowest BCUT2D eigenvalue weighted by Gasteiger charge is -2.08. The Kier molecular flexibility index (Phi) is 4.18. The fourth-order valence-corrected chi connectivity index (χ4v) is 3.10. The fourth-order valence-electron chi connectivity index (χ4n) is 3.10. The van der Waals surface area contributed by atoms with Gasteiger partial charge in [0.2, 0.25) is 0 Å². The van der Waals surface area contributed by atoms with Crippen LogP contribution >= 0.6 is 0 Å². The Morgan fingerprint density at radius 3 is 2.67 bits per heavy atom. The topological polar surface area (TPSA) is 83.8 Å². The first-order valence-electron chi connectivity index (χ1n) is 8.52. The molecule has 27 heavy (non-hydrogen) atoms. The van der Waals surface area contributed by atoms with Crippen molar-refractivity contribution in [1.29, 1.82) is 0 Å². The number of ketones is 1. The third kappa shape index (κ3) is 3.06. The Bertz CT molecular complexity index is 1150. The van der Waals surface area contributed by atoms with Crippen molar-refractivity contribution in [2.75, 3.05) is 11.1 Å². The summed E-state index contributed by atoms with van der Waals surface area (Å²) in [7, 11) is 0. The fraction of sp³-hybridized carbons (Fsp3) is 0. The predicted molar refractivity (Wildman–Crippen MR) is 110 cm³/mol. The molecule has 132 valence electrons. The Hall–Kier alpha value is -3.86. The highest BCUT2D eigenvalue weighted by Crippen LogP contribution is 2.27. The molecular formula is C22H18N4O. The number of nitrogens with two attached hydrogens (primary N) is 1. The van der Waals surface area contributed by atoms with Crippen LogP contribution in [0.2, 0.25) is 0 Å². The number of benzene rings is 2. The zero-order valence-corrected chi connectivity index (χ0v) is 14.6. The molecule has 0 fully saturated rings. The van der Waals surface area contributed by atoms with Gasteiger partial charge in [-0.25, -0.2) is 4.98 Å². The van der Waals surface area contributed by atoms with Gasteiger partial charge in [-0.15, -0.1) is 0 Å². The lowest BCUT2D eigenvalue weighted by molar-refractivity contribution is 0.104. The number of nitrogens with one attached hydrogen (secondary N) is 2. The maximum Gasteiger partial charge on any atom is 0.195 e. The number of aromatic amines is 1. The van der Waals surface area contributed by atoms with Crippen molar-refractivity contribution < 1.29 is 4.79 Å². The summed E-state index contributed by atoms with van der Waals surface area (Å²) in [5.41, 5.74) is 10.6. The molecule has 0 saturated carbocycles. The number of hydrogen-bond acceptors (Lipinski definition) is 4. The second-order valence-electron chi connectivity index (χ2n) is 6.16. The van der Waals surface area contributed by atoms with Gasteiger partial charge >= 0.3 is 0 Å². The Balaban J connectivity index is 1.76. The second kappa shape index (κ2) is 6.80. The van der Waals surface area contributed by atoms with E-state index in [1.807, 2.05) is 36.4 Å². The van der Waals surface area contributed by atoms with Gasteiger partial charge in [0.1, 0.15) is 5.65 Å². The van der Waals surface area contributed by atoms with Crippen molar-refractivity contribution in [3.63, 3.8) is 0 Å². The van der Waals surface area contributed by atoms with E-state index >= 15 is 0 Å². The van der Waals surface area contributed by atoms with Gasteiger partial charge in [-0.3, -0.25) is 4.79 Å². The third-order valence-electron chi connectivity index (χ3n) is 4.43. The molecule has 0 unspecified atom stereocenters. The average molecular weight is 354 g/mol. The average Bonchev–Trinajstić information content (AvgIpc) is 3.11. The quantitative estimate of drug-likeness (QED) is 0.356. The Morgan fingerprint density at radius 2 is 1.89 bits per heavy atom. The molecule has 4 rings (SSSR count). The molecular weight excluding hydrogens is 336 g/mol. The maximum atomic E-state index is 13.2. The van der Waals surface area contributed by atoms with Crippen molar-refractivity contribution in [3.05, 3.63) is 90.3 Å². The van der Waals surface area contributed by atoms with E-state index in [-0.39, 0.29) is 5.78 Å². The minimum Gasteiger partial charge on any atom is -0.398 e. The molecule has 2 aromatic carbocycles. The molecule has 2 aromatic heterocycles. The van der Waals surface area contributed by atoms with E-state index in [4.69, 9.17) is 5.73 Å². The number of fused-ring (bicyclic) bond motifs is 1. The first kappa shape index (κ1) is 16.6. The number of nitrogen functional groups attached to an aromatic ring is 1. The van der Waals surface area contributed by atoms with Crippen LogP contribution in [-0.2, 0) is 0 Å². The molecule has 0 atom stereocenters. The molecule has 0 aliphatic carbocycles. The minimum absolute atomic E-state index is 0.123. The monoisotopic (exact) mass is 354 g/mol. The number of rotatable bonds is 5. The highest BCUT2D eigenvalue weighted by atomic mass is 16.1. The van der Waals surface area contributed by atoms with Crippen LogP contribution in [0.1, 0.15) is 21.5 Å². The van der Waals surface area contributed by atoms with E-state index in [9.17, 15) is 4.79 Å². The number of pyridine rings is 1. The summed E-state index contributed by atoms with van der Waals surface area (Å²) in [5.74, 6) is -0.123. The Morgan fingerprint density at radius 1 is 1.07 bits per heavy atom. The second-order valence-corrected chi connectivity index (χ2v) is 6.16. The van der Waals surface area contributed by atoms with Crippen LogP contribution in [0.3, 0.4) is 0 Å². The van der Waals surface area contributed by atoms with Gasteiger partial charge in [0.25, 0.3) is 0 Å². The van der Waals surface area contributed by atoms with Gasteiger partial charge in [-0.05, 0) is 24.3 Å². The number of anilines is 3. The zero-order chi connectivity index (χ0) is 18.8. The van der Waals surface area contributed by atoms with Crippen LogP contribution in [0.5, 0.6) is 0 Å². The molecule has 0 aliphatic rings. The van der Waals surface area contributed by atoms with E-state index in [0.717, 1.165) is 16.8 Å². The summed E-state index contributed by atoms with van der Waals surface area (Å²) < 4.78 is 0. The molecule has 4 aromatic rings. The van der Waals surface area contributed by atoms with Crippen LogP contribution in [0.4, 0.5) is 17.1 Å². The highest BCUT2D eigenvalue weighted by molar-refractivity contribution is 6.18. The zero-order valence-electron chi connectivity index (χ0n) is 14.6.